The van der Waals surface area contributed by atoms with E-state index in [2.05, 4.69) is 282 Å². The Morgan fingerprint density at radius 2 is 0.550 bits per heavy atom. The van der Waals surface area contributed by atoms with E-state index in [1.165, 1.54) is 45.4 Å². The molecule has 0 atom stereocenters. The monoisotopic (exact) mass is 1430 g/mol. The summed E-state index contributed by atoms with van der Waals surface area (Å²) >= 11 is 2.48. The molecule has 14 aromatic carbocycles. The number of rotatable bonds is 11. The normalized spacial score (nSPS) is 11.6. The van der Waals surface area contributed by atoms with Crippen molar-refractivity contribution in [3.8, 4) is 119 Å². The molecule has 7 aromatic heterocycles. The first kappa shape index (κ1) is 64.5. The summed E-state index contributed by atoms with van der Waals surface area (Å²) in [6.45, 7) is 4.16. The maximum Gasteiger partial charge on any atom is 0.164 e. The number of pyridine rings is 2. The molecule has 0 radical (unpaired) electrons. The summed E-state index contributed by atoms with van der Waals surface area (Å²) in [5.74, 6) is 3.72. The summed E-state index contributed by atoms with van der Waals surface area (Å²) in [4.78, 5) is 40.8. The number of benzene rings is 14. The van der Waals surface area contributed by atoms with E-state index in [4.69, 9.17) is 48.6 Å². The summed E-state index contributed by atoms with van der Waals surface area (Å²) in [5.41, 5.74) is 24.7. The number of aromatic nitrogens is 13. The molecule has 13 nitrogen and oxygen atoms in total. The Balaban J connectivity index is 0.000000146. The quantitative estimate of drug-likeness (QED) is 0.113. The molecule has 0 saturated carbocycles. The van der Waals surface area contributed by atoms with Crippen LogP contribution in [-0.2, 0) is 0 Å². The van der Waals surface area contributed by atoms with E-state index in [9.17, 15) is 0 Å². The van der Waals surface area contributed by atoms with Crippen LogP contribution in [0, 0.1) is 13.8 Å². The van der Waals surface area contributed by atoms with Crippen LogP contribution in [0.1, 0.15) is 11.1 Å². The minimum absolute atomic E-state index is 0.595. The smallest absolute Gasteiger partial charge is 0.164 e. The summed E-state index contributed by atoms with van der Waals surface area (Å²) < 4.78 is 20.9. The van der Waals surface area contributed by atoms with Gasteiger partial charge < -0.3 is 4.57 Å². The number of para-hydroxylation sites is 2. The third-order valence-corrected chi connectivity index (χ3v) is 21.3. The second-order valence-corrected chi connectivity index (χ2v) is 28.2. The number of nitrogens with zero attached hydrogens (tertiary/aromatic N) is 13. The number of hydrogen-bond donors (Lipinski definition) is 0. The van der Waals surface area contributed by atoms with Gasteiger partial charge in [0.15, 0.2) is 34.9 Å². The molecular formula is C94H59N13S2. The Labute approximate surface area is 633 Å². The summed E-state index contributed by atoms with van der Waals surface area (Å²) in [6.07, 6.45) is 0. The molecule has 109 heavy (non-hydrogen) atoms. The van der Waals surface area contributed by atoms with Gasteiger partial charge in [-0.15, -0.1) is 0 Å². The molecule has 21 rings (SSSR count). The molecule has 0 spiro atoms. The molecule has 0 bridgehead atoms. The molecule has 0 amide bonds. The lowest BCUT2D eigenvalue weighted by molar-refractivity contribution is 1.07. The number of aryl methyl sites for hydroxylation is 2. The van der Waals surface area contributed by atoms with E-state index in [-0.39, 0.29) is 0 Å². The number of hydrogen-bond acceptors (Lipinski definition) is 14. The molecule has 0 N–H and O–H groups in total. The van der Waals surface area contributed by atoms with Crippen molar-refractivity contribution >= 4 is 111 Å². The maximum absolute atomic E-state index is 5.30. The molecule has 0 aliphatic heterocycles. The summed E-state index contributed by atoms with van der Waals surface area (Å²) in [5, 5.41) is 8.80. The minimum Gasteiger partial charge on any atom is -0.309 e. The van der Waals surface area contributed by atoms with Crippen molar-refractivity contribution < 1.29 is 0 Å². The van der Waals surface area contributed by atoms with Crippen LogP contribution in [0.3, 0.4) is 0 Å². The standard InChI is InChI=1S/C52H31N7S.C42H28N6S/c1-3-13-32(14-4-1)48-42-27-28-43-49(58-60-57-43)47(42)41-26-25-35(31-44(41)53-48)34-17-11-18-36(29-34)51-54-50(33-15-5-2-6-16-33)55-52(56-51)37-19-12-20-38(30-37)59-45-23-9-7-21-39(45)40-22-8-10-24-46(40)59;1-25-11-15-28(16-12-25)40-44-41(29-17-13-26(2)14-18-29)46-42(45-40)32-10-6-9-30(23-32)31-19-20-33-36(24-31)43-38(27-7-4-3-5-8-27)34-21-22-35-39(37(33)34)48-49-47-35/h1-31H;3-24H,1-2H3. The van der Waals surface area contributed by atoms with Crippen LogP contribution in [0.25, 0.3) is 206 Å². The first-order valence-electron chi connectivity index (χ1n) is 35.9. The van der Waals surface area contributed by atoms with Crippen molar-refractivity contribution in [1.29, 1.82) is 0 Å². The van der Waals surface area contributed by atoms with Crippen molar-refractivity contribution in [2.75, 3.05) is 0 Å². The van der Waals surface area contributed by atoms with Gasteiger partial charge in [-0.3, -0.25) is 0 Å². The van der Waals surface area contributed by atoms with Gasteiger partial charge >= 0.3 is 0 Å². The van der Waals surface area contributed by atoms with Crippen LogP contribution in [0.5, 0.6) is 0 Å². The van der Waals surface area contributed by atoms with Gasteiger partial charge in [0, 0.05) is 93.3 Å². The topological polar surface area (TPSA) is 160 Å². The van der Waals surface area contributed by atoms with Crippen LogP contribution in [-0.4, -0.2) is 61.9 Å². The van der Waals surface area contributed by atoms with E-state index >= 15 is 0 Å². The largest absolute Gasteiger partial charge is 0.309 e. The molecule has 0 unspecified atom stereocenters. The molecule has 512 valence electrons. The van der Waals surface area contributed by atoms with Crippen molar-refractivity contribution in [2.45, 2.75) is 13.8 Å². The van der Waals surface area contributed by atoms with Crippen LogP contribution in [0.4, 0.5) is 0 Å². The van der Waals surface area contributed by atoms with E-state index in [0.717, 1.165) is 160 Å². The Hall–Kier alpha value is -14.1. The van der Waals surface area contributed by atoms with Gasteiger partial charge in [-0.1, -0.05) is 260 Å². The second kappa shape index (κ2) is 27.1. The van der Waals surface area contributed by atoms with Crippen LogP contribution < -0.4 is 0 Å². The Morgan fingerprint density at radius 1 is 0.220 bits per heavy atom. The SMILES string of the molecule is Cc1ccc(-c2nc(-c3ccc(C)cc3)nc(-c3cccc(-c4ccc5c(c4)nc(-c4ccccc4)c4ccc6nsnc6c45)c3)n2)cc1.c1ccc(-c2nc(-c3cccc(-c4ccc5c(c4)nc(-c4ccccc4)c4ccc6nsnc6c45)c3)nc(-c3cccc(-n4c5ccccc5c5ccccc54)c3)n2)cc1. The number of fused-ring (bicyclic) bond motifs is 13. The molecule has 7 heterocycles. The van der Waals surface area contributed by atoms with Gasteiger partial charge in [0.05, 0.1) is 56.9 Å². The lowest BCUT2D eigenvalue weighted by Crippen LogP contribution is -2.01. The van der Waals surface area contributed by atoms with Crippen molar-refractivity contribution in [3.63, 3.8) is 0 Å². The minimum atomic E-state index is 0.595. The molecule has 0 aliphatic carbocycles. The molecule has 0 fully saturated rings. The summed E-state index contributed by atoms with van der Waals surface area (Å²) in [7, 11) is 0. The highest BCUT2D eigenvalue weighted by molar-refractivity contribution is 7.00. The third kappa shape index (κ3) is 11.9. The highest BCUT2D eigenvalue weighted by atomic mass is 32.1. The van der Waals surface area contributed by atoms with Crippen molar-refractivity contribution in [3.05, 3.63) is 333 Å². The summed E-state index contributed by atoms with van der Waals surface area (Å²) in [6, 6.07) is 111. The molecule has 15 heteroatoms. The third-order valence-electron chi connectivity index (χ3n) is 20.2. The van der Waals surface area contributed by atoms with E-state index in [1.54, 1.807) is 0 Å². The van der Waals surface area contributed by atoms with E-state index < -0.39 is 0 Å². The zero-order chi connectivity index (χ0) is 72.5. The Bertz CT molecular complexity index is 7010. The highest BCUT2D eigenvalue weighted by Crippen LogP contribution is 2.42. The lowest BCUT2D eigenvalue weighted by atomic mass is 9.96. The van der Waals surface area contributed by atoms with E-state index in [0.29, 0.717) is 34.9 Å². The average molecular weight is 1430 g/mol. The fraction of sp³-hybridized carbons (Fsp3) is 0.0213. The van der Waals surface area contributed by atoms with Crippen LogP contribution in [0.15, 0.2) is 322 Å². The van der Waals surface area contributed by atoms with Gasteiger partial charge in [-0.05, 0) is 109 Å². The average Bonchev–Trinajstić information content (AvgIpc) is 1.65. The zero-order valence-electron chi connectivity index (χ0n) is 58.7. The Morgan fingerprint density at radius 3 is 0.991 bits per heavy atom. The van der Waals surface area contributed by atoms with Crippen molar-refractivity contribution in [1.82, 2.24) is 61.9 Å². The first-order valence-corrected chi connectivity index (χ1v) is 37.4. The zero-order valence-corrected chi connectivity index (χ0v) is 60.4. The molecule has 0 aliphatic rings. The highest BCUT2D eigenvalue weighted by Gasteiger charge is 2.22. The molecule has 21 aromatic rings. The van der Waals surface area contributed by atoms with Crippen LogP contribution >= 0.6 is 23.5 Å². The molecular weight excluding hydrogens is 1380 g/mol. The van der Waals surface area contributed by atoms with Crippen LogP contribution in [0.2, 0.25) is 0 Å². The fourth-order valence-electron chi connectivity index (χ4n) is 14.8. The fourth-order valence-corrected chi connectivity index (χ4v) is 15.9. The van der Waals surface area contributed by atoms with Gasteiger partial charge in [0.2, 0.25) is 0 Å². The maximum atomic E-state index is 5.30. The first-order chi connectivity index (χ1) is 53.8. The predicted molar refractivity (Wildman–Crippen MR) is 445 cm³/mol. The van der Waals surface area contributed by atoms with E-state index in [1.807, 2.05) is 66.7 Å². The molecule has 0 saturated heterocycles. The van der Waals surface area contributed by atoms with Gasteiger partial charge in [-0.2, -0.15) is 17.5 Å². The second-order valence-electron chi connectivity index (χ2n) is 27.1. The predicted octanol–water partition coefficient (Wildman–Crippen LogP) is 23.5. The van der Waals surface area contributed by atoms with Gasteiger partial charge in [0.25, 0.3) is 0 Å². The van der Waals surface area contributed by atoms with Gasteiger partial charge in [0.1, 0.15) is 22.1 Å². The van der Waals surface area contributed by atoms with Crippen molar-refractivity contribution in [2.24, 2.45) is 0 Å². The Kier molecular flexibility index (Phi) is 16.0. The van der Waals surface area contributed by atoms with Gasteiger partial charge in [-0.25, -0.2) is 39.9 Å². The lowest BCUT2D eigenvalue weighted by Gasteiger charge is -2.13.